The number of hydrogen-bond donors (Lipinski definition) is 1. The Bertz CT molecular complexity index is 374. The van der Waals surface area contributed by atoms with Gasteiger partial charge in [-0.3, -0.25) is 0 Å². The number of halogens is 1. The Hall–Kier alpha value is -1.09. The fourth-order valence-electron chi connectivity index (χ4n) is 2.47. The van der Waals surface area contributed by atoms with Gasteiger partial charge >= 0.3 is 0 Å². The fourth-order valence-corrected chi connectivity index (χ4v) is 2.47. The van der Waals surface area contributed by atoms with Crippen molar-refractivity contribution in [2.75, 3.05) is 25.5 Å². The molecule has 3 heteroatoms. The number of benzene rings is 1. The van der Waals surface area contributed by atoms with Crippen LogP contribution in [0.25, 0.3) is 0 Å². The molecule has 1 aromatic rings. The van der Waals surface area contributed by atoms with Gasteiger partial charge in [-0.15, -0.1) is 0 Å². The first kappa shape index (κ1) is 12.4. The highest BCUT2D eigenvalue weighted by atomic mass is 19.1. The van der Waals surface area contributed by atoms with Crippen molar-refractivity contribution in [3.05, 3.63) is 29.6 Å². The average Bonchev–Trinajstić information content (AvgIpc) is 2.24. The summed E-state index contributed by atoms with van der Waals surface area (Å²) in [6.45, 7) is 1.68. The van der Waals surface area contributed by atoms with Crippen LogP contribution in [0.3, 0.4) is 0 Å². The zero-order valence-electron chi connectivity index (χ0n) is 10.7. The number of rotatable bonds is 5. The van der Waals surface area contributed by atoms with E-state index in [0.29, 0.717) is 6.54 Å². The molecule has 2 rings (SSSR count). The normalized spacial score (nSPS) is 15.7. The molecule has 1 aromatic carbocycles. The number of hydrogen-bond acceptors (Lipinski definition) is 2. The van der Waals surface area contributed by atoms with E-state index in [1.54, 1.807) is 12.1 Å². The molecular weight excluding hydrogens is 215 g/mol. The first-order valence-corrected chi connectivity index (χ1v) is 6.35. The van der Waals surface area contributed by atoms with E-state index in [1.165, 1.54) is 19.3 Å². The Morgan fingerprint density at radius 1 is 1.41 bits per heavy atom. The first-order chi connectivity index (χ1) is 8.22. The van der Waals surface area contributed by atoms with E-state index >= 15 is 0 Å². The maximum Gasteiger partial charge on any atom is 0.146 e. The summed E-state index contributed by atoms with van der Waals surface area (Å²) in [5, 5.41) is 3.09. The van der Waals surface area contributed by atoms with Gasteiger partial charge in [0.25, 0.3) is 0 Å². The van der Waals surface area contributed by atoms with E-state index in [-0.39, 0.29) is 5.82 Å². The van der Waals surface area contributed by atoms with Crippen molar-refractivity contribution in [1.82, 2.24) is 5.32 Å². The fraction of sp³-hybridized carbons (Fsp3) is 0.571. The van der Waals surface area contributed by atoms with Gasteiger partial charge in [-0.05, 0) is 37.4 Å². The standard InChI is InChI=1S/C14H21FN2/c1-16-9-12-7-4-8-13(15)14(12)17(2)10-11-5-3-6-11/h4,7-8,11,16H,3,5-6,9-10H2,1-2H3. The summed E-state index contributed by atoms with van der Waals surface area (Å²) in [5.41, 5.74) is 1.79. The highest BCUT2D eigenvalue weighted by molar-refractivity contribution is 5.54. The Morgan fingerprint density at radius 2 is 2.18 bits per heavy atom. The lowest BCUT2D eigenvalue weighted by Crippen LogP contribution is -2.31. The van der Waals surface area contributed by atoms with Gasteiger partial charge in [0.15, 0.2) is 0 Å². The molecule has 94 valence electrons. The van der Waals surface area contributed by atoms with E-state index in [0.717, 1.165) is 23.7 Å². The van der Waals surface area contributed by atoms with Crippen molar-refractivity contribution in [2.24, 2.45) is 5.92 Å². The van der Waals surface area contributed by atoms with E-state index in [9.17, 15) is 4.39 Å². The van der Waals surface area contributed by atoms with Crippen molar-refractivity contribution in [3.8, 4) is 0 Å². The van der Waals surface area contributed by atoms with E-state index < -0.39 is 0 Å². The third kappa shape index (κ3) is 2.78. The maximum absolute atomic E-state index is 13.9. The molecule has 0 spiro atoms. The van der Waals surface area contributed by atoms with Gasteiger partial charge in [-0.25, -0.2) is 4.39 Å². The molecular formula is C14H21FN2. The van der Waals surface area contributed by atoms with Crippen LogP contribution in [0, 0.1) is 11.7 Å². The Kier molecular flexibility index (Phi) is 4.00. The second-order valence-electron chi connectivity index (χ2n) is 4.96. The summed E-state index contributed by atoms with van der Waals surface area (Å²) in [4.78, 5) is 2.08. The van der Waals surface area contributed by atoms with Gasteiger partial charge in [0.05, 0.1) is 5.69 Å². The second kappa shape index (κ2) is 5.50. The molecule has 0 unspecified atom stereocenters. The molecule has 1 aliphatic carbocycles. The minimum atomic E-state index is -0.112. The molecule has 2 nitrogen and oxygen atoms in total. The zero-order chi connectivity index (χ0) is 12.3. The van der Waals surface area contributed by atoms with E-state index in [1.807, 2.05) is 20.2 Å². The van der Waals surface area contributed by atoms with Gasteiger partial charge in [-0.1, -0.05) is 18.6 Å². The lowest BCUT2D eigenvalue weighted by Gasteiger charge is -2.32. The lowest BCUT2D eigenvalue weighted by molar-refractivity contribution is 0.320. The third-order valence-electron chi connectivity index (χ3n) is 3.58. The zero-order valence-corrected chi connectivity index (χ0v) is 10.7. The third-order valence-corrected chi connectivity index (χ3v) is 3.58. The minimum absolute atomic E-state index is 0.112. The molecule has 0 saturated heterocycles. The van der Waals surface area contributed by atoms with Crippen molar-refractivity contribution in [3.63, 3.8) is 0 Å². The highest BCUT2D eigenvalue weighted by Crippen LogP contribution is 2.30. The van der Waals surface area contributed by atoms with Crippen LogP contribution < -0.4 is 10.2 Å². The maximum atomic E-state index is 13.9. The number of nitrogens with one attached hydrogen (secondary N) is 1. The van der Waals surface area contributed by atoms with Crippen LogP contribution in [0.2, 0.25) is 0 Å². The molecule has 0 amide bonds. The van der Waals surface area contributed by atoms with Gasteiger partial charge < -0.3 is 10.2 Å². The summed E-state index contributed by atoms with van der Waals surface area (Å²) >= 11 is 0. The summed E-state index contributed by atoms with van der Waals surface area (Å²) in [5.74, 6) is 0.640. The molecule has 1 saturated carbocycles. The smallest absolute Gasteiger partial charge is 0.146 e. The molecule has 1 N–H and O–H groups in total. The van der Waals surface area contributed by atoms with Crippen molar-refractivity contribution in [2.45, 2.75) is 25.8 Å². The molecule has 0 atom stereocenters. The topological polar surface area (TPSA) is 15.3 Å². The summed E-state index contributed by atoms with van der Waals surface area (Å²) in [6.07, 6.45) is 3.92. The number of para-hydroxylation sites is 1. The predicted molar refractivity (Wildman–Crippen MR) is 69.8 cm³/mol. The van der Waals surface area contributed by atoms with E-state index in [4.69, 9.17) is 0 Å². The first-order valence-electron chi connectivity index (χ1n) is 6.35. The van der Waals surface area contributed by atoms with Crippen LogP contribution in [0.1, 0.15) is 24.8 Å². The highest BCUT2D eigenvalue weighted by Gasteiger charge is 2.21. The van der Waals surface area contributed by atoms with Crippen LogP contribution >= 0.6 is 0 Å². The number of anilines is 1. The molecule has 0 bridgehead atoms. The minimum Gasteiger partial charge on any atom is -0.372 e. The molecule has 0 heterocycles. The number of nitrogens with zero attached hydrogens (tertiary/aromatic N) is 1. The van der Waals surface area contributed by atoms with Gasteiger partial charge in [0.2, 0.25) is 0 Å². The van der Waals surface area contributed by atoms with Crippen molar-refractivity contribution in [1.29, 1.82) is 0 Å². The quantitative estimate of drug-likeness (QED) is 0.845. The Morgan fingerprint density at radius 3 is 2.76 bits per heavy atom. The second-order valence-corrected chi connectivity index (χ2v) is 4.96. The summed E-state index contributed by atoms with van der Waals surface area (Å²) in [7, 11) is 3.89. The molecule has 1 fully saturated rings. The summed E-state index contributed by atoms with van der Waals surface area (Å²) < 4.78 is 13.9. The molecule has 0 radical (unpaired) electrons. The van der Waals surface area contributed by atoms with Crippen LogP contribution in [0.5, 0.6) is 0 Å². The monoisotopic (exact) mass is 236 g/mol. The van der Waals surface area contributed by atoms with Crippen LogP contribution in [-0.4, -0.2) is 20.6 Å². The largest absolute Gasteiger partial charge is 0.372 e. The Balaban J connectivity index is 2.15. The van der Waals surface area contributed by atoms with Crippen LogP contribution in [0.4, 0.5) is 10.1 Å². The van der Waals surface area contributed by atoms with Gasteiger partial charge in [0, 0.05) is 20.1 Å². The summed E-state index contributed by atoms with van der Waals surface area (Å²) in [6, 6.07) is 5.32. The van der Waals surface area contributed by atoms with Crippen LogP contribution in [0.15, 0.2) is 18.2 Å². The van der Waals surface area contributed by atoms with E-state index in [2.05, 4.69) is 10.2 Å². The lowest BCUT2D eigenvalue weighted by atomic mass is 9.85. The Labute approximate surface area is 103 Å². The van der Waals surface area contributed by atoms with Crippen molar-refractivity contribution < 1.29 is 4.39 Å². The average molecular weight is 236 g/mol. The van der Waals surface area contributed by atoms with Crippen molar-refractivity contribution >= 4 is 5.69 Å². The molecule has 0 aliphatic heterocycles. The predicted octanol–water partition coefficient (Wildman–Crippen LogP) is 2.78. The molecule has 17 heavy (non-hydrogen) atoms. The van der Waals surface area contributed by atoms with Crippen LogP contribution in [-0.2, 0) is 6.54 Å². The SMILES string of the molecule is CNCc1cccc(F)c1N(C)CC1CCC1. The molecule has 1 aliphatic rings. The van der Waals surface area contributed by atoms with Gasteiger partial charge in [-0.2, -0.15) is 0 Å². The molecule has 0 aromatic heterocycles. The van der Waals surface area contributed by atoms with Gasteiger partial charge in [0.1, 0.15) is 5.82 Å².